The van der Waals surface area contributed by atoms with E-state index in [1.807, 2.05) is 0 Å². The van der Waals surface area contributed by atoms with Crippen molar-refractivity contribution >= 4 is 11.6 Å². The number of nitrogens with one attached hydrogen (secondary N) is 1. The monoisotopic (exact) mass is 252 g/mol. The molecule has 0 fully saturated rings. The molecule has 0 aliphatic heterocycles. The lowest BCUT2D eigenvalue weighted by atomic mass is 10.3. The summed E-state index contributed by atoms with van der Waals surface area (Å²) in [6, 6.07) is 1.21. The summed E-state index contributed by atoms with van der Waals surface area (Å²) in [7, 11) is 1.56. The van der Waals surface area contributed by atoms with Crippen LogP contribution >= 0.6 is 0 Å². The Balaban J connectivity index is 2.56. The first kappa shape index (κ1) is 13.5. The van der Waals surface area contributed by atoms with Gasteiger partial charge < -0.3 is 9.88 Å². The minimum atomic E-state index is -0.557. The van der Waals surface area contributed by atoms with Crippen LogP contribution in [0.3, 0.4) is 0 Å². The van der Waals surface area contributed by atoms with Gasteiger partial charge in [-0.05, 0) is 12.0 Å². The van der Waals surface area contributed by atoms with Crippen LogP contribution < -0.4 is 5.32 Å². The average molecular weight is 252 g/mol. The van der Waals surface area contributed by atoms with Gasteiger partial charge in [0.15, 0.2) is 0 Å². The number of azide groups is 1. The fraction of sp³-hybridized carbons (Fsp3) is 0.444. The standard InChI is InChI=1S/C9H12N6O3/c1-14-6-7(15(17)18)5-8(14)9(16)11-3-2-4-12-13-10/h5-6H,2-4H2,1H3,(H,11,16). The van der Waals surface area contributed by atoms with Crippen molar-refractivity contribution in [1.82, 2.24) is 9.88 Å². The van der Waals surface area contributed by atoms with Crippen LogP contribution in [0.4, 0.5) is 5.69 Å². The third kappa shape index (κ3) is 3.49. The maximum absolute atomic E-state index is 11.7. The molecule has 0 bridgehead atoms. The highest BCUT2D eigenvalue weighted by molar-refractivity contribution is 5.93. The molecular formula is C9H12N6O3. The van der Waals surface area contributed by atoms with Gasteiger partial charge in [-0.2, -0.15) is 0 Å². The Morgan fingerprint density at radius 1 is 1.72 bits per heavy atom. The molecule has 0 saturated heterocycles. The zero-order chi connectivity index (χ0) is 13.5. The maximum Gasteiger partial charge on any atom is 0.287 e. The summed E-state index contributed by atoms with van der Waals surface area (Å²) in [4.78, 5) is 24.2. The molecule has 0 unspecified atom stereocenters. The van der Waals surface area contributed by atoms with Crippen molar-refractivity contribution in [3.05, 3.63) is 38.5 Å². The summed E-state index contributed by atoms with van der Waals surface area (Å²) >= 11 is 0. The molecule has 18 heavy (non-hydrogen) atoms. The zero-order valence-electron chi connectivity index (χ0n) is 9.74. The van der Waals surface area contributed by atoms with Crippen molar-refractivity contribution in [2.75, 3.05) is 13.1 Å². The van der Waals surface area contributed by atoms with E-state index in [4.69, 9.17) is 5.53 Å². The van der Waals surface area contributed by atoms with Crippen LogP contribution in [-0.2, 0) is 7.05 Å². The lowest BCUT2D eigenvalue weighted by Crippen LogP contribution is -2.26. The first-order chi connectivity index (χ1) is 8.56. The molecule has 1 aromatic heterocycles. The Labute approximate surface area is 102 Å². The Bertz CT molecular complexity index is 502. The van der Waals surface area contributed by atoms with Crippen molar-refractivity contribution in [3.8, 4) is 0 Å². The number of nitrogens with zero attached hydrogens (tertiary/aromatic N) is 5. The van der Waals surface area contributed by atoms with Crippen molar-refractivity contribution in [2.24, 2.45) is 12.2 Å². The molecule has 1 rings (SSSR count). The topological polar surface area (TPSA) is 126 Å². The summed E-state index contributed by atoms with van der Waals surface area (Å²) in [5.41, 5.74) is 8.13. The normalized spacial score (nSPS) is 9.61. The Kier molecular flexibility index (Phi) is 4.70. The van der Waals surface area contributed by atoms with Crippen molar-refractivity contribution in [2.45, 2.75) is 6.42 Å². The minimum absolute atomic E-state index is 0.128. The molecule has 0 aromatic carbocycles. The van der Waals surface area contributed by atoms with Crippen molar-refractivity contribution in [1.29, 1.82) is 0 Å². The Morgan fingerprint density at radius 3 is 3.00 bits per heavy atom. The molecule has 9 heteroatoms. The van der Waals surface area contributed by atoms with Gasteiger partial charge in [0, 0.05) is 31.1 Å². The fourth-order valence-electron chi connectivity index (χ4n) is 1.36. The van der Waals surface area contributed by atoms with Gasteiger partial charge >= 0.3 is 0 Å². The van der Waals surface area contributed by atoms with Crippen molar-refractivity contribution in [3.63, 3.8) is 0 Å². The molecule has 0 spiro atoms. The van der Waals surface area contributed by atoms with E-state index in [-0.39, 0.29) is 11.4 Å². The van der Waals surface area contributed by atoms with Gasteiger partial charge in [-0.3, -0.25) is 14.9 Å². The third-order valence-corrected chi connectivity index (χ3v) is 2.22. The zero-order valence-corrected chi connectivity index (χ0v) is 9.74. The summed E-state index contributed by atoms with van der Waals surface area (Å²) in [6.45, 7) is 0.640. The fourth-order valence-corrected chi connectivity index (χ4v) is 1.36. The second kappa shape index (κ2) is 6.26. The number of amides is 1. The van der Waals surface area contributed by atoms with E-state index in [1.54, 1.807) is 7.05 Å². The van der Waals surface area contributed by atoms with Crippen LogP contribution in [0.25, 0.3) is 10.4 Å². The van der Waals surface area contributed by atoms with Gasteiger partial charge in [-0.25, -0.2) is 0 Å². The number of carbonyl (C=O) groups excluding carboxylic acids is 1. The Hall–Kier alpha value is -2.54. The lowest BCUT2D eigenvalue weighted by Gasteiger charge is -2.03. The number of rotatable bonds is 6. The van der Waals surface area contributed by atoms with Crippen molar-refractivity contribution < 1.29 is 9.72 Å². The number of hydrogen-bond acceptors (Lipinski definition) is 4. The highest BCUT2D eigenvalue weighted by Gasteiger charge is 2.16. The quantitative estimate of drug-likeness (QED) is 0.205. The van der Waals surface area contributed by atoms with Gasteiger partial charge in [0.1, 0.15) is 5.69 Å². The molecule has 96 valence electrons. The first-order valence-electron chi connectivity index (χ1n) is 5.16. The highest BCUT2D eigenvalue weighted by Crippen LogP contribution is 2.14. The lowest BCUT2D eigenvalue weighted by molar-refractivity contribution is -0.384. The Morgan fingerprint density at radius 2 is 2.44 bits per heavy atom. The predicted molar refractivity (Wildman–Crippen MR) is 63.0 cm³/mol. The SMILES string of the molecule is Cn1cc([N+](=O)[O-])cc1C(=O)NCCCN=[N+]=[N-]. The van der Waals surface area contributed by atoms with Gasteiger partial charge in [0.25, 0.3) is 11.6 Å². The van der Waals surface area contributed by atoms with Crippen LogP contribution in [0, 0.1) is 10.1 Å². The van der Waals surface area contributed by atoms with E-state index in [0.717, 1.165) is 0 Å². The minimum Gasteiger partial charge on any atom is -0.351 e. The molecule has 1 N–H and O–H groups in total. The largest absolute Gasteiger partial charge is 0.351 e. The van der Waals surface area contributed by atoms with E-state index in [2.05, 4.69) is 15.3 Å². The van der Waals surface area contributed by atoms with Crippen LogP contribution in [0.1, 0.15) is 16.9 Å². The molecule has 1 aromatic rings. The number of aryl methyl sites for hydroxylation is 1. The molecular weight excluding hydrogens is 240 g/mol. The van der Waals surface area contributed by atoms with Gasteiger partial charge in [-0.1, -0.05) is 5.11 Å². The number of hydrogen-bond donors (Lipinski definition) is 1. The molecule has 1 amide bonds. The second-order valence-corrected chi connectivity index (χ2v) is 3.52. The van der Waals surface area contributed by atoms with Gasteiger partial charge in [-0.15, -0.1) is 0 Å². The highest BCUT2D eigenvalue weighted by atomic mass is 16.6. The summed E-state index contributed by atoms with van der Waals surface area (Å²) in [6.07, 6.45) is 1.79. The molecule has 9 nitrogen and oxygen atoms in total. The molecule has 0 saturated carbocycles. The number of nitro groups is 1. The molecule has 1 heterocycles. The summed E-state index contributed by atoms with van der Waals surface area (Å²) in [5, 5.41) is 16.4. The predicted octanol–water partition coefficient (Wildman–Crippen LogP) is 1.36. The van der Waals surface area contributed by atoms with Crippen LogP contribution in [0.15, 0.2) is 17.4 Å². The first-order valence-corrected chi connectivity index (χ1v) is 5.16. The van der Waals surface area contributed by atoms with Crippen LogP contribution in [0.2, 0.25) is 0 Å². The smallest absolute Gasteiger partial charge is 0.287 e. The summed E-state index contributed by atoms with van der Waals surface area (Å²) < 4.78 is 1.39. The van der Waals surface area contributed by atoms with E-state index in [9.17, 15) is 14.9 Å². The third-order valence-electron chi connectivity index (χ3n) is 2.22. The van der Waals surface area contributed by atoms with Gasteiger partial charge in [0.2, 0.25) is 0 Å². The molecule has 0 aliphatic rings. The van der Waals surface area contributed by atoms with E-state index >= 15 is 0 Å². The molecule has 0 aliphatic carbocycles. The van der Waals surface area contributed by atoms with E-state index < -0.39 is 10.8 Å². The molecule has 0 atom stereocenters. The second-order valence-electron chi connectivity index (χ2n) is 3.52. The molecule has 0 radical (unpaired) electrons. The van der Waals surface area contributed by atoms with Crippen LogP contribution in [-0.4, -0.2) is 28.5 Å². The van der Waals surface area contributed by atoms with E-state index in [1.165, 1.54) is 16.8 Å². The number of carbonyl (C=O) groups is 1. The average Bonchev–Trinajstić information content (AvgIpc) is 2.71. The maximum atomic E-state index is 11.7. The summed E-state index contributed by atoms with van der Waals surface area (Å²) in [5.74, 6) is -0.397. The van der Waals surface area contributed by atoms with Gasteiger partial charge in [0.05, 0.1) is 11.1 Å². The van der Waals surface area contributed by atoms with E-state index in [0.29, 0.717) is 19.5 Å². The number of aromatic nitrogens is 1. The van der Waals surface area contributed by atoms with Crippen LogP contribution in [0.5, 0.6) is 0 Å².